The summed E-state index contributed by atoms with van der Waals surface area (Å²) >= 11 is 0. The molecule has 0 aromatic heterocycles. The van der Waals surface area contributed by atoms with E-state index < -0.39 is 0 Å². The first kappa shape index (κ1) is 12.9. The average molecular weight is 265 g/mol. The molecule has 0 spiro atoms. The van der Waals surface area contributed by atoms with Crippen molar-refractivity contribution in [3.63, 3.8) is 0 Å². The van der Waals surface area contributed by atoms with Gasteiger partial charge in [-0.2, -0.15) is 0 Å². The van der Waals surface area contributed by atoms with Crippen molar-refractivity contribution >= 4 is 11.6 Å². The van der Waals surface area contributed by atoms with Crippen LogP contribution in [0.5, 0.6) is 0 Å². The van der Waals surface area contributed by atoms with Crippen LogP contribution in [0, 0.1) is 0 Å². The first-order valence-corrected chi connectivity index (χ1v) is 7.25. The minimum atomic E-state index is 0.123. The van der Waals surface area contributed by atoms with Crippen LogP contribution in [-0.4, -0.2) is 5.91 Å². The van der Waals surface area contributed by atoms with Crippen molar-refractivity contribution in [1.82, 2.24) is 0 Å². The molecule has 2 aromatic rings. The lowest BCUT2D eigenvalue weighted by molar-refractivity contribution is -0.116. The van der Waals surface area contributed by atoms with E-state index >= 15 is 0 Å². The first-order valence-electron chi connectivity index (χ1n) is 7.25. The van der Waals surface area contributed by atoms with Gasteiger partial charge in [0.15, 0.2) is 0 Å². The smallest absolute Gasteiger partial charge is 0.224 e. The molecule has 1 N–H and O–H groups in total. The molecule has 0 radical (unpaired) electrons. The second-order valence-electron chi connectivity index (χ2n) is 5.33. The Morgan fingerprint density at radius 2 is 1.95 bits per heavy atom. The standard InChI is InChI=1S/C18H19NO/c1-2-13-8-9-16-15(14-6-4-3-5-7-14)10-11-18(20)19-17(16)12-13/h3-9,12,15H,2,10-11H2,1H3,(H,19,20). The van der Waals surface area contributed by atoms with Crippen LogP contribution in [0.1, 0.15) is 42.4 Å². The zero-order valence-electron chi connectivity index (χ0n) is 11.7. The molecule has 0 bridgehead atoms. The normalized spacial score (nSPS) is 18.1. The highest BCUT2D eigenvalue weighted by Crippen LogP contribution is 2.36. The van der Waals surface area contributed by atoms with Crippen molar-refractivity contribution in [2.45, 2.75) is 32.1 Å². The summed E-state index contributed by atoms with van der Waals surface area (Å²) in [5.74, 6) is 0.425. The number of fused-ring (bicyclic) bond motifs is 1. The minimum absolute atomic E-state index is 0.123. The van der Waals surface area contributed by atoms with Gasteiger partial charge in [-0.25, -0.2) is 0 Å². The molecule has 0 fully saturated rings. The third kappa shape index (κ3) is 2.46. The molecule has 20 heavy (non-hydrogen) atoms. The lowest BCUT2D eigenvalue weighted by Gasteiger charge is -2.18. The van der Waals surface area contributed by atoms with Gasteiger partial charge < -0.3 is 5.32 Å². The molecular formula is C18H19NO. The monoisotopic (exact) mass is 265 g/mol. The van der Waals surface area contributed by atoms with E-state index in [4.69, 9.17) is 0 Å². The highest BCUT2D eigenvalue weighted by molar-refractivity contribution is 5.92. The largest absolute Gasteiger partial charge is 0.326 e. The van der Waals surface area contributed by atoms with Crippen molar-refractivity contribution in [3.8, 4) is 0 Å². The lowest BCUT2D eigenvalue weighted by atomic mass is 9.87. The number of hydrogen-bond acceptors (Lipinski definition) is 1. The summed E-state index contributed by atoms with van der Waals surface area (Å²) in [5, 5.41) is 3.06. The molecule has 0 saturated heterocycles. The SMILES string of the molecule is CCc1ccc2c(c1)NC(=O)CCC2c1ccccc1. The summed E-state index contributed by atoms with van der Waals surface area (Å²) in [6.45, 7) is 2.13. The summed E-state index contributed by atoms with van der Waals surface area (Å²) < 4.78 is 0. The van der Waals surface area contributed by atoms with E-state index in [0.29, 0.717) is 12.3 Å². The van der Waals surface area contributed by atoms with Crippen LogP contribution in [0.15, 0.2) is 48.5 Å². The van der Waals surface area contributed by atoms with Crippen LogP contribution in [0.4, 0.5) is 5.69 Å². The quantitative estimate of drug-likeness (QED) is 0.869. The fourth-order valence-electron chi connectivity index (χ4n) is 2.91. The second-order valence-corrected chi connectivity index (χ2v) is 5.33. The number of benzene rings is 2. The van der Waals surface area contributed by atoms with Crippen LogP contribution in [0.3, 0.4) is 0 Å². The number of anilines is 1. The molecule has 3 rings (SSSR count). The fourth-order valence-corrected chi connectivity index (χ4v) is 2.91. The first-order chi connectivity index (χ1) is 9.78. The lowest BCUT2D eigenvalue weighted by Crippen LogP contribution is -2.09. The van der Waals surface area contributed by atoms with Gasteiger partial charge in [0.1, 0.15) is 0 Å². The van der Waals surface area contributed by atoms with E-state index in [1.807, 2.05) is 6.07 Å². The second kappa shape index (κ2) is 5.49. The van der Waals surface area contributed by atoms with Crippen LogP contribution in [0.25, 0.3) is 0 Å². The molecule has 1 aliphatic rings. The zero-order chi connectivity index (χ0) is 13.9. The summed E-state index contributed by atoms with van der Waals surface area (Å²) in [7, 11) is 0. The average Bonchev–Trinajstić information content (AvgIpc) is 2.65. The number of rotatable bonds is 2. The summed E-state index contributed by atoms with van der Waals surface area (Å²) in [6, 6.07) is 16.9. The fraction of sp³-hybridized carbons (Fsp3) is 0.278. The molecule has 1 aliphatic heterocycles. The molecule has 1 unspecified atom stereocenters. The number of hydrogen-bond donors (Lipinski definition) is 1. The topological polar surface area (TPSA) is 29.1 Å². The van der Waals surface area contributed by atoms with Crippen molar-refractivity contribution in [1.29, 1.82) is 0 Å². The van der Waals surface area contributed by atoms with Crippen molar-refractivity contribution in [2.24, 2.45) is 0 Å². The van der Waals surface area contributed by atoms with Gasteiger partial charge in [0.25, 0.3) is 0 Å². The van der Waals surface area contributed by atoms with E-state index in [2.05, 4.69) is 54.7 Å². The van der Waals surface area contributed by atoms with Gasteiger partial charge in [-0.3, -0.25) is 4.79 Å². The molecule has 0 aliphatic carbocycles. The minimum Gasteiger partial charge on any atom is -0.326 e. The molecule has 1 amide bonds. The number of nitrogens with one attached hydrogen (secondary N) is 1. The Morgan fingerprint density at radius 3 is 2.70 bits per heavy atom. The van der Waals surface area contributed by atoms with Crippen LogP contribution >= 0.6 is 0 Å². The Hall–Kier alpha value is -2.09. The Morgan fingerprint density at radius 1 is 1.15 bits per heavy atom. The van der Waals surface area contributed by atoms with Crippen molar-refractivity contribution in [2.75, 3.05) is 5.32 Å². The Bertz CT molecular complexity index is 619. The van der Waals surface area contributed by atoms with E-state index in [9.17, 15) is 4.79 Å². The Balaban J connectivity index is 2.08. The number of amides is 1. The summed E-state index contributed by atoms with van der Waals surface area (Å²) in [5.41, 5.74) is 4.77. The van der Waals surface area contributed by atoms with Gasteiger partial charge in [-0.15, -0.1) is 0 Å². The molecule has 102 valence electrons. The Labute approximate surface area is 119 Å². The van der Waals surface area contributed by atoms with Crippen LogP contribution in [0.2, 0.25) is 0 Å². The summed E-state index contributed by atoms with van der Waals surface area (Å²) in [6.07, 6.45) is 2.43. The maximum Gasteiger partial charge on any atom is 0.224 e. The van der Waals surface area contributed by atoms with Gasteiger partial charge in [0.05, 0.1) is 0 Å². The van der Waals surface area contributed by atoms with Gasteiger partial charge in [0.2, 0.25) is 5.91 Å². The zero-order valence-corrected chi connectivity index (χ0v) is 11.7. The van der Waals surface area contributed by atoms with Crippen molar-refractivity contribution < 1.29 is 4.79 Å². The van der Waals surface area contributed by atoms with Gasteiger partial charge in [0, 0.05) is 18.0 Å². The number of aryl methyl sites for hydroxylation is 1. The van der Waals surface area contributed by atoms with Gasteiger partial charge >= 0.3 is 0 Å². The molecular weight excluding hydrogens is 246 g/mol. The molecule has 0 saturated carbocycles. The van der Waals surface area contributed by atoms with Crippen LogP contribution in [-0.2, 0) is 11.2 Å². The molecule has 2 nitrogen and oxygen atoms in total. The third-order valence-corrected chi connectivity index (χ3v) is 4.04. The number of carbonyl (C=O) groups excluding carboxylic acids is 1. The van der Waals surface area contributed by atoms with Crippen molar-refractivity contribution in [3.05, 3.63) is 65.2 Å². The molecule has 1 heterocycles. The summed E-state index contributed by atoms with van der Waals surface area (Å²) in [4.78, 5) is 11.9. The van der Waals surface area contributed by atoms with E-state index in [1.54, 1.807) is 0 Å². The van der Waals surface area contributed by atoms with E-state index in [-0.39, 0.29) is 5.91 Å². The van der Waals surface area contributed by atoms with Gasteiger partial charge in [-0.05, 0) is 35.6 Å². The van der Waals surface area contributed by atoms with Gasteiger partial charge in [-0.1, -0.05) is 49.4 Å². The Kier molecular flexibility index (Phi) is 3.55. The number of carbonyl (C=O) groups is 1. The molecule has 2 heteroatoms. The maximum absolute atomic E-state index is 11.9. The third-order valence-electron chi connectivity index (χ3n) is 4.04. The predicted octanol–water partition coefficient (Wildman–Crippen LogP) is 4.11. The molecule has 1 atom stereocenters. The maximum atomic E-state index is 11.9. The highest BCUT2D eigenvalue weighted by Gasteiger charge is 2.23. The van der Waals surface area contributed by atoms with Crippen LogP contribution < -0.4 is 5.32 Å². The predicted molar refractivity (Wildman–Crippen MR) is 82.0 cm³/mol. The highest BCUT2D eigenvalue weighted by atomic mass is 16.1. The molecule has 2 aromatic carbocycles. The van der Waals surface area contributed by atoms with E-state index in [1.165, 1.54) is 16.7 Å². The van der Waals surface area contributed by atoms with E-state index in [0.717, 1.165) is 18.5 Å².